The Morgan fingerprint density at radius 2 is 2.00 bits per heavy atom. The van der Waals surface area contributed by atoms with Gasteiger partial charge in [-0.15, -0.1) is 0 Å². The molecule has 0 saturated heterocycles. The summed E-state index contributed by atoms with van der Waals surface area (Å²) in [5.41, 5.74) is 7.51. The van der Waals surface area contributed by atoms with Crippen LogP contribution in [-0.4, -0.2) is 9.55 Å². The van der Waals surface area contributed by atoms with Crippen molar-refractivity contribution in [2.24, 2.45) is 0 Å². The predicted molar refractivity (Wildman–Crippen MR) is 57.7 cm³/mol. The largest absolute Gasteiger partial charge is 0.399 e. The van der Waals surface area contributed by atoms with E-state index >= 15 is 0 Å². The molecular formula is C11H13N3. The molecule has 2 aromatic rings. The highest BCUT2D eigenvalue weighted by Gasteiger charge is 2.03. The second-order valence-electron chi connectivity index (χ2n) is 3.16. The van der Waals surface area contributed by atoms with Gasteiger partial charge >= 0.3 is 0 Å². The van der Waals surface area contributed by atoms with Crippen molar-refractivity contribution in [1.82, 2.24) is 9.55 Å². The topological polar surface area (TPSA) is 43.8 Å². The maximum atomic E-state index is 5.62. The van der Waals surface area contributed by atoms with Crippen molar-refractivity contribution in [3.63, 3.8) is 0 Å². The monoisotopic (exact) mass is 187 g/mol. The van der Waals surface area contributed by atoms with E-state index in [0.29, 0.717) is 0 Å². The molecule has 0 bridgehead atoms. The molecule has 1 aromatic carbocycles. The quantitative estimate of drug-likeness (QED) is 0.732. The lowest BCUT2D eigenvalue weighted by Crippen LogP contribution is -1.96. The third-order valence-electron chi connectivity index (χ3n) is 2.23. The fraction of sp³-hybridized carbons (Fsp3) is 0.182. The van der Waals surface area contributed by atoms with Crippen LogP contribution >= 0.6 is 0 Å². The number of imidazole rings is 1. The van der Waals surface area contributed by atoms with Gasteiger partial charge in [-0.2, -0.15) is 0 Å². The number of aromatic nitrogens is 2. The van der Waals surface area contributed by atoms with E-state index in [-0.39, 0.29) is 0 Å². The van der Waals surface area contributed by atoms with Crippen molar-refractivity contribution in [2.45, 2.75) is 13.5 Å². The number of nitrogens with zero attached hydrogens (tertiary/aromatic N) is 2. The van der Waals surface area contributed by atoms with Crippen LogP contribution in [0.5, 0.6) is 0 Å². The summed E-state index contributed by atoms with van der Waals surface area (Å²) in [4.78, 5) is 4.31. The maximum Gasteiger partial charge on any atom is 0.139 e. The lowest BCUT2D eigenvalue weighted by atomic mass is 10.2. The zero-order chi connectivity index (χ0) is 9.97. The molecule has 14 heavy (non-hydrogen) atoms. The van der Waals surface area contributed by atoms with E-state index in [1.165, 1.54) is 0 Å². The predicted octanol–water partition coefficient (Wildman–Crippen LogP) is 2.15. The molecule has 0 unspecified atom stereocenters. The van der Waals surface area contributed by atoms with Gasteiger partial charge in [0.15, 0.2) is 0 Å². The molecule has 0 aliphatic heterocycles. The van der Waals surface area contributed by atoms with Crippen LogP contribution in [-0.2, 0) is 6.54 Å². The van der Waals surface area contributed by atoms with Crippen molar-refractivity contribution < 1.29 is 0 Å². The van der Waals surface area contributed by atoms with Gasteiger partial charge in [0, 0.05) is 30.2 Å². The Labute approximate surface area is 83.2 Å². The Balaban J connectivity index is 2.44. The zero-order valence-electron chi connectivity index (χ0n) is 8.14. The molecule has 3 nitrogen and oxygen atoms in total. The number of benzene rings is 1. The van der Waals surface area contributed by atoms with Crippen LogP contribution in [0.15, 0.2) is 36.7 Å². The summed E-state index contributed by atoms with van der Waals surface area (Å²) in [5, 5.41) is 0. The molecule has 0 atom stereocenters. The van der Waals surface area contributed by atoms with Crippen LogP contribution in [0.2, 0.25) is 0 Å². The number of hydrogen-bond donors (Lipinski definition) is 1. The molecule has 0 radical (unpaired) electrons. The molecule has 72 valence electrons. The molecule has 0 fully saturated rings. The second-order valence-corrected chi connectivity index (χ2v) is 3.16. The van der Waals surface area contributed by atoms with E-state index < -0.39 is 0 Å². The van der Waals surface area contributed by atoms with Gasteiger partial charge in [-0.1, -0.05) is 0 Å². The second kappa shape index (κ2) is 3.54. The van der Waals surface area contributed by atoms with E-state index in [1.807, 2.05) is 36.7 Å². The van der Waals surface area contributed by atoms with Crippen molar-refractivity contribution in [1.29, 1.82) is 0 Å². The van der Waals surface area contributed by atoms with E-state index in [4.69, 9.17) is 5.73 Å². The fourth-order valence-electron chi connectivity index (χ4n) is 1.46. The highest BCUT2D eigenvalue weighted by molar-refractivity contribution is 5.59. The highest BCUT2D eigenvalue weighted by Crippen LogP contribution is 2.18. The summed E-state index contributed by atoms with van der Waals surface area (Å²) in [6.07, 6.45) is 3.79. The van der Waals surface area contributed by atoms with E-state index in [9.17, 15) is 0 Å². The minimum Gasteiger partial charge on any atom is -0.399 e. The van der Waals surface area contributed by atoms with Gasteiger partial charge in [0.25, 0.3) is 0 Å². The SMILES string of the molecule is CCn1ccnc1-c1ccc(N)cc1. The standard InChI is InChI=1S/C11H13N3/c1-2-14-8-7-13-11(14)9-3-5-10(12)6-4-9/h3-8H,2,12H2,1H3. The van der Waals surface area contributed by atoms with Crippen LogP contribution in [0.3, 0.4) is 0 Å². The maximum absolute atomic E-state index is 5.62. The van der Waals surface area contributed by atoms with Gasteiger partial charge in [-0.25, -0.2) is 4.98 Å². The lowest BCUT2D eigenvalue weighted by molar-refractivity contribution is 0.771. The van der Waals surface area contributed by atoms with Gasteiger partial charge in [-0.05, 0) is 31.2 Å². The van der Waals surface area contributed by atoms with Gasteiger partial charge in [0.05, 0.1) is 0 Å². The summed E-state index contributed by atoms with van der Waals surface area (Å²) in [6.45, 7) is 3.03. The average Bonchev–Trinajstić information content (AvgIpc) is 2.67. The van der Waals surface area contributed by atoms with Gasteiger partial charge < -0.3 is 10.3 Å². The normalized spacial score (nSPS) is 10.4. The summed E-state index contributed by atoms with van der Waals surface area (Å²) < 4.78 is 2.10. The number of nitrogens with two attached hydrogens (primary N) is 1. The molecule has 1 heterocycles. The lowest BCUT2D eigenvalue weighted by Gasteiger charge is -2.04. The van der Waals surface area contributed by atoms with Crippen molar-refractivity contribution in [3.8, 4) is 11.4 Å². The zero-order valence-corrected chi connectivity index (χ0v) is 8.14. The fourth-order valence-corrected chi connectivity index (χ4v) is 1.46. The van der Waals surface area contributed by atoms with Crippen LogP contribution in [0, 0.1) is 0 Å². The molecular weight excluding hydrogens is 174 g/mol. The van der Waals surface area contributed by atoms with Gasteiger partial charge in [-0.3, -0.25) is 0 Å². The number of aryl methyl sites for hydroxylation is 1. The molecule has 1 aromatic heterocycles. The minimum atomic E-state index is 0.781. The first-order chi connectivity index (χ1) is 6.81. The van der Waals surface area contributed by atoms with Gasteiger partial charge in [0.2, 0.25) is 0 Å². The Morgan fingerprint density at radius 1 is 1.29 bits per heavy atom. The molecule has 0 aliphatic carbocycles. The summed E-state index contributed by atoms with van der Waals surface area (Å²) in [6, 6.07) is 7.77. The summed E-state index contributed by atoms with van der Waals surface area (Å²) in [7, 11) is 0. The average molecular weight is 187 g/mol. The van der Waals surface area contributed by atoms with Crippen LogP contribution < -0.4 is 5.73 Å². The van der Waals surface area contributed by atoms with E-state index in [2.05, 4.69) is 16.5 Å². The van der Waals surface area contributed by atoms with Crippen molar-refractivity contribution in [2.75, 3.05) is 5.73 Å². The van der Waals surface area contributed by atoms with Crippen molar-refractivity contribution >= 4 is 5.69 Å². The number of hydrogen-bond acceptors (Lipinski definition) is 2. The summed E-state index contributed by atoms with van der Waals surface area (Å²) in [5.74, 6) is 0.993. The Hall–Kier alpha value is -1.77. The molecule has 0 saturated carbocycles. The van der Waals surface area contributed by atoms with Crippen molar-refractivity contribution in [3.05, 3.63) is 36.7 Å². The van der Waals surface area contributed by atoms with E-state index in [0.717, 1.165) is 23.6 Å². The molecule has 0 aliphatic rings. The number of nitrogen functional groups attached to an aromatic ring is 1. The third-order valence-corrected chi connectivity index (χ3v) is 2.23. The Morgan fingerprint density at radius 3 is 2.64 bits per heavy atom. The van der Waals surface area contributed by atoms with Crippen LogP contribution in [0.25, 0.3) is 11.4 Å². The van der Waals surface area contributed by atoms with Crippen LogP contribution in [0.1, 0.15) is 6.92 Å². The Bertz CT molecular complexity index is 414. The van der Waals surface area contributed by atoms with Crippen LogP contribution in [0.4, 0.5) is 5.69 Å². The first-order valence-electron chi connectivity index (χ1n) is 4.68. The first-order valence-corrected chi connectivity index (χ1v) is 4.68. The molecule has 0 spiro atoms. The molecule has 0 amide bonds. The summed E-state index contributed by atoms with van der Waals surface area (Å²) >= 11 is 0. The van der Waals surface area contributed by atoms with E-state index in [1.54, 1.807) is 0 Å². The minimum absolute atomic E-state index is 0.781. The first kappa shape index (κ1) is 8.81. The smallest absolute Gasteiger partial charge is 0.139 e. The molecule has 3 heteroatoms. The third kappa shape index (κ3) is 1.48. The highest BCUT2D eigenvalue weighted by atomic mass is 15.1. The molecule has 2 N–H and O–H groups in total. The van der Waals surface area contributed by atoms with Gasteiger partial charge in [0.1, 0.15) is 5.82 Å². The number of rotatable bonds is 2. The molecule has 2 rings (SSSR count). The Kier molecular flexibility index (Phi) is 2.23. The number of anilines is 1.